The van der Waals surface area contributed by atoms with Crippen molar-refractivity contribution in [2.45, 2.75) is 13.8 Å². The summed E-state index contributed by atoms with van der Waals surface area (Å²) in [5.74, 6) is 1.67. The lowest BCUT2D eigenvalue weighted by Crippen LogP contribution is -2.09. The van der Waals surface area contributed by atoms with Crippen molar-refractivity contribution in [1.82, 2.24) is 0 Å². The van der Waals surface area contributed by atoms with Crippen LogP contribution in [-0.4, -0.2) is 19.0 Å². The number of Topliss-reactive ketones (excluding diaryl/α,β-unsaturated/α-hetero) is 1. The smallest absolute Gasteiger partial charge is 0.159 e. The maximum absolute atomic E-state index is 11.4. The molecule has 3 heteroatoms. The summed E-state index contributed by atoms with van der Waals surface area (Å²) in [6.07, 6.45) is 0. The first kappa shape index (κ1) is 16.1. The number of ketones is 1. The van der Waals surface area contributed by atoms with Crippen molar-refractivity contribution >= 4 is 16.6 Å². The van der Waals surface area contributed by atoms with Crippen LogP contribution in [0.3, 0.4) is 0 Å². The van der Waals surface area contributed by atoms with E-state index in [1.807, 2.05) is 43.3 Å². The molecular weight excluding hydrogens is 300 g/mol. The second kappa shape index (κ2) is 7.18. The second-order valence-corrected chi connectivity index (χ2v) is 5.74. The van der Waals surface area contributed by atoms with Crippen LogP contribution in [0.25, 0.3) is 10.8 Å². The molecule has 3 nitrogen and oxygen atoms in total. The number of hydrogen-bond donors (Lipinski definition) is 0. The Morgan fingerprint density at radius 1 is 0.875 bits per heavy atom. The molecule has 122 valence electrons. The Balaban J connectivity index is 1.55. The van der Waals surface area contributed by atoms with Crippen molar-refractivity contribution in [3.05, 3.63) is 71.8 Å². The molecule has 0 unspecified atom stereocenters. The van der Waals surface area contributed by atoms with Gasteiger partial charge >= 0.3 is 0 Å². The molecule has 0 aliphatic heterocycles. The van der Waals surface area contributed by atoms with Crippen molar-refractivity contribution in [3.8, 4) is 11.5 Å². The number of aryl methyl sites for hydroxylation is 1. The molecule has 0 saturated carbocycles. The third-order valence-corrected chi connectivity index (χ3v) is 3.91. The molecule has 0 saturated heterocycles. The fourth-order valence-electron chi connectivity index (χ4n) is 2.60. The predicted octanol–water partition coefficient (Wildman–Crippen LogP) is 4.81. The first-order valence-electron chi connectivity index (χ1n) is 7.99. The Labute approximate surface area is 141 Å². The summed E-state index contributed by atoms with van der Waals surface area (Å²) >= 11 is 0. The standard InChI is InChI=1S/C21H20O3/c1-15-13-18(16(2)22)8-10-21(15)24-12-11-23-20-9-7-17-5-3-4-6-19(17)14-20/h3-10,13-14H,11-12H2,1-2H3. The number of carbonyl (C=O) groups excluding carboxylic acids is 1. The number of fused-ring (bicyclic) bond motifs is 1. The van der Waals surface area contributed by atoms with E-state index in [0.717, 1.165) is 22.4 Å². The van der Waals surface area contributed by atoms with Gasteiger partial charge in [0.15, 0.2) is 5.78 Å². The molecule has 0 aliphatic carbocycles. The van der Waals surface area contributed by atoms with Crippen LogP contribution in [-0.2, 0) is 0 Å². The van der Waals surface area contributed by atoms with Crippen LogP contribution in [0.4, 0.5) is 0 Å². The maximum atomic E-state index is 11.4. The fourth-order valence-corrected chi connectivity index (χ4v) is 2.60. The molecule has 0 aromatic heterocycles. The van der Waals surface area contributed by atoms with Crippen LogP contribution in [0, 0.1) is 6.92 Å². The van der Waals surface area contributed by atoms with Crippen LogP contribution in [0.15, 0.2) is 60.7 Å². The minimum atomic E-state index is 0.0595. The van der Waals surface area contributed by atoms with E-state index in [1.165, 1.54) is 5.39 Å². The molecule has 3 aromatic carbocycles. The minimum absolute atomic E-state index is 0.0595. The van der Waals surface area contributed by atoms with Gasteiger partial charge in [0.2, 0.25) is 0 Å². The molecule has 0 fully saturated rings. The highest BCUT2D eigenvalue weighted by atomic mass is 16.5. The highest BCUT2D eigenvalue weighted by molar-refractivity contribution is 5.94. The van der Waals surface area contributed by atoms with Gasteiger partial charge in [0, 0.05) is 5.56 Å². The van der Waals surface area contributed by atoms with Gasteiger partial charge in [0.1, 0.15) is 24.7 Å². The predicted molar refractivity (Wildman–Crippen MR) is 96.1 cm³/mol. The molecule has 3 aromatic rings. The lowest BCUT2D eigenvalue weighted by atomic mass is 10.1. The molecule has 24 heavy (non-hydrogen) atoms. The summed E-state index contributed by atoms with van der Waals surface area (Å²) in [6, 6.07) is 19.7. The molecule has 0 bridgehead atoms. The van der Waals surface area contributed by atoms with Gasteiger partial charge in [0.25, 0.3) is 0 Å². The van der Waals surface area contributed by atoms with E-state index < -0.39 is 0 Å². The van der Waals surface area contributed by atoms with Gasteiger partial charge in [-0.15, -0.1) is 0 Å². The quantitative estimate of drug-likeness (QED) is 0.483. The van der Waals surface area contributed by atoms with Crippen LogP contribution in [0.2, 0.25) is 0 Å². The molecule has 0 aliphatic rings. The largest absolute Gasteiger partial charge is 0.490 e. The Morgan fingerprint density at radius 3 is 2.38 bits per heavy atom. The lowest BCUT2D eigenvalue weighted by molar-refractivity contribution is 0.101. The van der Waals surface area contributed by atoms with Crippen molar-refractivity contribution in [2.75, 3.05) is 13.2 Å². The van der Waals surface area contributed by atoms with Gasteiger partial charge in [0.05, 0.1) is 0 Å². The van der Waals surface area contributed by atoms with E-state index in [2.05, 4.69) is 18.2 Å². The molecule has 0 atom stereocenters. The molecular formula is C21H20O3. The highest BCUT2D eigenvalue weighted by Gasteiger charge is 2.04. The van der Waals surface area contributed by atoms with E-state index in [-0.39, 0.29) is 5.78 Å². The van der Waals surface area contributed by atoms with Crippen molar-refractivity contribution < 1.29 is 14.3 Å². The summed E-state index contributed by atoms with van der Waals surface area (Å²) in [7, 11) is 0. The second-order valence-electron chi connectivity index (χ2n) is 5.74. The summed E-state index contributed by atoms with van der Waals surface area (Å²) in [5.41, 5.74) is 1.65. The Bertz CT molecular complexity index is 868. The average Bonchev–Trinajstić information content (AvgIpc) is 2.59. The number of carbonyl (C=O) groups is 1. The lowest BCUT2D eigenvalue weighted by Gasteiger charge is -2.11. The van der Waals surface area contributed by atoms with Crippen LogP contribution >= 0.6 is 0 Å². The van der Waals surface area contributed by atoms with Crippen molar-refractivity contribution in [2.24, 2.45) is 0 Å². The van der Waals surface area contributed by atoms with Crippen LogP contribution in [0.1, 0.15) is 22.8 Å². The SMILES string of the molecule is CC(=O)c1ccc(OCCOc2ccc3ccccc3c2)c(C)c1. The summed E-state index contributed by atoms with van der Waals surface area (Å²) in [4.78, 5) is 11.4. The van der Waals surface area contributed by atoms with E-state index in [9.17, 15) is 4.79 Å². The number of benzene rings is 3. The van der Waals surface area contributed by atoms with Crippen LogP contribution < -0.4 is 9.47 Å². The van der Waals surface area contributed by atoms with E-state index in [1.54, 1.807) is 13.0 Å². The average molecular weight is 320 g/mol. The first-order chi connectivity index (χ1) is 11.6. The molecule has 0 amide bonds. The van der Waals surface area contributed by atoms with Gasteiger partial charge in [-0.2, -0.15) is 0 Å². The van der Waals surface area contributed by atoms with Crippen molar-refractivity contribution in [3.63, 3.8) is 0 Å². The molecule has 0 radical (unpaired) electrons. The monoisotopic (exact) mass is 320 g/mol. The summed E-state index contributed by atoms with van der Waals surface area (Å²) < 4.78 is 11.5. The Kier molecular flexibility index (Phi) is 4.80. The van der Waals surface area contributed by atoms with Gasteiger partial charge < -0.3 is 9.47 Å². The zero-order chi connectivity index (χ0) is 16.9. The Hall–Kier alpha value is -2.81. The van der Waals surface area contributed by atoms with Gasteiger partial charge in [-0.1, -0.05) is 30.3 Å². The van der Waals surface area contributed by atoms with E-state index in [4.69, 9.17) is 9.47 Å². The molecule has 0 heterocycles. The molecule has 0 spiro atoms. The highest BCUT2D eigenvalue weighted by Crippen LogP contribution is 2.21. The molecule has 3 rings (SSSR count). The summed E-state index contributed by atoms with van der Waals surface area (Å²) in [5, 5.41) is 2.36. The maximum Gasteiger partial charge on any atom is 0.159 e. The normalized spacial score (nSPS) is 10.6. The zero-order valence-electron chi connectivity index (χ0n) is 13.9. The van der Waals surface area contributed by atoms with Gasteiger partial charge in [-0.3, -0.25) is 4.79 Å². The van der Waals surface area contributed by atoms with Gasteiger partial charge in [-0.25, -0.2) is 0 Å². The first-order valence-corrected chi connectivity index (χ1v) is 7.99. The number of rotatable bonds is 6. The number of hydrogen-bond acceptors (Lipinski definition) is 3. The zero-order valence-corrected chi connectivity index (χ0v) is 13.9. The van der Waals surface area contributed by atoms with E-state index >= 15 is 0 Å². The number of ether oxygens (including phenoxy) is 2. The topological polar surface area (TPSA) is 35.5 Å². The fraction of sp³-hybridized carbons (Fsp3) is 0.190. The molecule has 0 N–H and O–H groups in total. The van der Waals surface area contributed by atoms with Gasteiger partial charge in [-0.05, 0) is 60.5 Å². The van der Waals surface area contributed by atoms with Crippen LogP contribution in [0.5, 0.6) is 11.5 Å². The third-order valence-electron chi connectivity index (χ3n) is 3.91. The summed E-state index contributed by atoms with van der Waals surface area (Å²) in [6.45, 7) is 4.41. The Morgan fingerprint density at radius 2 is 1.62 bits per heavy atom. The minimum Gasteiger partial charge on any atom is -0.490 e. The third kappa shape index (κ3) is 3.74. The van der Waals surface area contributed by atoms with E-state index in [0.29, 0.717) is 18.8 Å². The van der Waals surface area contributed by atoms with Crippen molar-refractivity contribution in [1.29, 1.82) is 0 Å².